The van der Waals surface area contributed by atoms with Crippen molar-refractivity contribution in [2.75, 3.05) is 5.73 Å². The average molecular weight is 284 g/mol. The van der Waals surface area contributed by atoms with Crippen molar-refractivity contribution in [2.24, 2.45) is 7.05 Å². The molecule has 0 atom stereocenters. The Morgan fingerprint density at radius 1 is 1.47 bits per heavy atom. The molecule has 0 aliphatic heterocycles. The molecule has 0 spiro atoms. The molecule has 0 saturated heterocycles. The predicted molar refractivity (Wildman–Crippen MR) is 73.1 cm³/mol. The number of hydrogen-bond donors (Lipinski definition) is 1. The van der Waals surface area contributed by atoms with Gasteiger partial charge in [-0.1, -0.05) is 24.9 Å². The first-order valence-corrected chi connectivity index (χ1v) is 6.35. The van der Waals surface area contributed by atoms with Gasteiger partial charge in [-0.25, -0.2) is 9.07 Å². The van der Waals surface area contributed by atoms with Crippen molar-refractivity contribution in [3.63, 3.8) is 0 Å². The largest absolute Gasteiger partial charge is 0.436 e. The summed E-state index contributed by atoms with van der Waals surface area (Å²) in [5.41, 5.74) is 7.27. The zero-order chi connectivity index (χ0) is 14.0. The molecule has 1 heterocycles. The Kier molecular flexibility index (Phi) is 3.95. The second-order valence-corrected chi connectivity index (χ2v) is 4.62. The van der Waals surface area contributed by atoms with Gasteiger partial charge >= 0.3 is 0 Å². The molecule has 102 valence electrons. The van der Waals surface area contributed by atoms with Crippen molar-refractivity contribution in [3.8, 4) is 11.6 Å². The van der Waals surface area contributed by atoms with Gasteiger partial charge in [-0.15, -0.1) is 0 Å². The molecule has 0 saturated carbocycles. The molecule has 2 rings (SSSR count). The van der Waals surface area contributed by atoms with Crippen molar-refractivity contribution >= 4 is 17.3 Å². The van der Waals surface area contributed by atoms with E-state index >= 15 is 0 Å². The molecule has 2 aromatic rings. The zero-order valence-electron chi connectivity index (χ0n) is 10.8. The summed E-state index contributed by atoms with van der Waals surface area (Å²) >= 11 is 5.92. The lowest BCUT2D eigenvalue weighted by Crippen LogP contribution is -1.97. The monoisotopic (exact) mass is 283 g/mol. The number of ether oxygens (including phenoxy) is 1. The first-order chi connectivity index (χ1) is 9.02. The first kappa shape index (κ1) is 13.7. The van der Waals surface area contributed by atoms with Gasteiger partial charge < -0.3 is 10.5 Å². The third kappa shape index (κ3) is 2.81. The fourth-order valence-corrected chi connectivity index (χ4v) is 1.99. The van der Waals surface area contributed by atoms with Crippen molar-refractivity contribution in [1.82, 2.24) is 9.78 Å². The third-order valence-corrected chi connectivity index (χ3v) is 2.99. The molecule has 1 aromatic carbocycles. The lowest BCUT2D eigenvalue weighted by Gasteiger charge is -2.08. The summed E-state index contributed by atoms with van der Waals surface area (Å²) in [4.78, 5) is 0. The number of hydrogen-bond acceptors (Lipinski definition) is 3. The van der Waals surface area contributed by atoms with E-state index in [2.05, 4.69) is 5.10 Å². The molecule has 0 bridgehead atoms. The lowest BCUT2D eigenvalue weighted by atomic mass is 10.2. The molecule has 0 aliphatic rings. The van der Waals surface area contributed by atoms with E-state index < -0.39 is 5.82 Å². The standard InChI is InChI=1S/C13H15ClFN3O/c1-3-4-10-12(16)13(18(2)17-10)19-11-6-5-8(15)7-9(11)14/h5-7H,3-4,16H2,1-2H3. The summed E-state index contributed by atoms with van der Waals surface area (Å²) in [5, 5.41) is 4.49. The highest BCUT2D eigenvalue weighted by molar-refractivity contribution is 6.32. The highest BCUT2D eigenvalue weighted by atomic mass is 35.5. The maximum Gasteiger partial charge on any atom is 0.241 e. The fourth-order valence-electron chi connectivity index (χ4n) is 1.78. The normalized spacial score (nSPS) is 10.7. The number of nitrogen functional groups attached to an aromatic ring is 1. The van der Waals surface area contributed by atoms with Crippen molar-refractivity contribution in [2.45, 2.75) is 19.8 Å². The number of halogens is 2. The van der Waals surface area contributed by atoms with Crippen LogP contribution in [-0.2, 0) is 13.5 Å². The maximum atomic E-state index is 13.0. The van der Waals surface area contributed by atoms with Gasteiger partial charge in [-0.3, -0.25) is 0 Å². The molecule has 4 nitrogen and oxygen atoms in total. The quantitative estimate of drug-likeness (QED) is 0.934. The van der Waals surface area contributed by atoms with Crippen molar-refractivity contribution in [3.05, 3.63) is 34.7 Å². The Morgan fingerprint density at radius 3 is 2.84 bits per heavy atom. The van der Waals surface area contributed by atoms with Gasteiger partial charge in [-0.2, -0.15) is 5.10 Å². The van der Waals surface area contributed by atoms with Gasteiger partial charge in [0.25, 0.3) is 0 Å². The highest BCUT2D eigenvalue weighted by Crippen LogP contribution is 2.34. The molecule has 19 heavy (non-hydrogen) atoms. The SMILES string of the molecule is CCCc1nn(C)c(Oc2ccc(F)cc2Cl)c1N. The summed E-state index contributed by atoms with van der Waals surface area (Å²) < 4.78 is 20.2. The summed E-state index contributed by atoms with van der Waals surface area (Å²) in [6.07, 6.45) is 1.72. The smallest absolute Gasteiger partial charge is 0.241 e. The van der Waals surface area contributed by atoms with Gasteiger partial charge in [0, 0.05) is 7.05 Å². The second kappa shape index (κ2) is 5.48. The van der Waals surface area contributed by atoms with E-state index in [1.54, 1.807) is 11.7 Å². The minimum Gasteiger partial charge on any atom is -0.436 e. The summed E-state index contributed by atoms with van der Waals surface area (Å²) in [6.45, 7) is 2.05. The van der Waals surface area contributed by atoms with Crippen LogP contribution in [-0.4, -0.2) is 9.78 Å². The average Bonchev–Trinajstić information content (AvgIpc) is 2.60. The van der Waals surface area contributed by atoms with E-state index in [1.165, 1.54) is 18.2 Å². The third-order valence-electron chi connectivity index (χ3n) is 2.69. The minimum absolute atomic E-state index is 0.192. The number of aromatic nitrogens is 2. The zero-order valence-corrected chi connectivity index (χ0v) is 11.5. The number of nitrogens with zero attached hydrogens (tertiary/aromatic N) is 2. The van der Waals surface area contributed by atoms with E-state index in [0.717, 1.165) is 18.5 Å². The van der Waals surface area contributed by atoms with Crippen molar-refractivity contribution in [1.29, 1.82) is 0 Å². The van der Waals surface area contributed by atoms with Crippen LogP contribution in [0.2, 0.25) is 5.02 Å². The van der Waals surface area contributed by atoms with Crippen LogP contribution >= 0.6 is 11.6 Å². The molecule has 0 unspecified atom stereocenters. The Bertz CT molecular complexity index is 598. The minimum atomic E-state index is -0.415. The molecule has 6 heteroatoms. The number of aryl methyl sites for hydroxylation is 2. The van der Waals surface area contributed by atoms with Crippen LogP contribution in [0.5, 0.6) is 11.6 Å². The molecule has 1 aromatic heterocycles. The van der Waals surface area contributed by atoms with Gasteiger partial charge in [0.05, 0.1) is 10.7 Å². The molecular weight excluding hydrogens is 269 g/mol. The Morgan fingerprint density at radius 2 is 2.21 bits per heavy atom. The van der Waals surface area contributed by atoms with E-state index in [0.29, 0.717) is 17.3 Å². The van der Waals surface area contributed by atoms with E-state index in [-0.39, 0.29) is 5.02 Å². The van der Waals surface area contributed by atoms with Gasteiger partial charge in [0.15, 0.2) is 0 Å². The Balaban J connectivity index is 2.33. The van der Waals surface area contributed by atoms with Crippen LogP contribution in [0, 0.1) is 5.82 Å². The highest BCUT2D eigenvalue weighted by Gasteiger charge is 2.16. The molecule has 0 amide bonds. The number of nitrogens with two attached hydrogens (primary N) is 1. The molecule has 2 N–H and O–H groups in total. The number of rotatable bonds is 4. The van der Waals surface area contributed by atoms with Crippen LogP contribution in [0.1, 0.15) is 19.0 Å². The van der Waals surface area contributed by atoms with E-state index in [4.69, 9.17) is 22.1 Å². The summed E-state index contributed by atoms with van der Waals surface area (Å²) in [5.74, 6) is 0.347. The van der Waals surface area contributed by atoms with Crippen LogP contribution in [0.4, 0.5) is 10.1 Å². The maximum absolute atomic E-state index is 13.0. The molecule has 0 radical (unpaired) electrons. The lowest BCUT2D eigenvalue weighted by molar-refractivity contribution is 0.431. The van der Waals surface area contributed by atoms with Crippen LogP contribution in [0.3, 0.4) is 0 Å². The summed E-state index contributed by atoms with van der Waals surface area (Å²) in [7, 11) is 1.74. The number of benzene rings is 1. The van der Waals surface area contributed by atoms with Gasteiger partial charge in [0.2, 0.25) is 5.88 Å². The molecule has 0 fully saturated rings. The Hall–Kier alpha value is -1.75. The molecule has 0 aliphatic carbocycles. The van der Waals surface area contributed by atoms with Crippen molar-refractivity contribution < 1.29 is 9.13 Å². The topological polar surface area (TPSA) is 53.1 Å². The summed E-state index contributed by atoms with van der Waals surface area (Å²) in [6, 6.07) is 3.93. The Labute approximate surface area is 115 Å². The van der Waals surface area contributed by atoms with E-state index in [9.17, 15) is 4.39 Å². The first-order valence-electron chi connectivity index (χ1n) is 5.97. The van der Waals surface area contributed by atoms with Gasteiger partial charge in [0.1, 0.15) is 17.3 Å². The second-order valence-electron chi connectivity index (χ2n) is 4.22. The number of anilines is 1. The fraction of sp³-hybridized carbons (Fsp3) is 0.308. The molecular formula is C13H15ClFN3O. The van der Waals surface area contributed by atoms with E-state index in [1.807, 2.05) is 6.92 Å². The van der Waals surface area contributed by atoms with Crippen LogP contribution in [0.25, 0.3) is 0 Å². The van der Waals surface area contributed by atoms with Gasteiger partial charge in [-0.05, 0) is 24.6 Å². The van der Waals surface area contributed by atoms with Crippen LogP contribution < -0.4 is 10.5 Å². The van der Waals surface area contributed by atoms with Crippen LogP contribution in [0.15, 0.2) is 18.2 Å². The predicted octanol–water partition coefficient (Wildman–Crippen LogP) is 3.54.